The summed E-state index contributed by atoms with van der Waals surface area (Å²) < 4.78 is 10.7. The Morgan fingerprint density at radius 2 is 1.80 bits per heavy atom. The summed E-state index contributed by atoms with van der Waals surface area (Å²) in [5.41, 5.74) is 2.75. The molecular formula is C23H23N3O4. The van der Waals surface area contributed by atoms with Crippen molar-refractivity contribution in [3.8, 4) is 5.75 Å². The molecule has 0 aliphatic rings. The molecule has 0 radical (unpaired) electrons. The van der Waals surface area contributed by atoms with E-state index < -0.39 is 0 Å². The number of hydrogen-bond acceptors (Lipinski definition) is 5. The Morgan fingerprint density at radius 3 is 2.57 bits per heavy atom. The van der Waals surface area contributed by atoms with Crippen molar-refractivity contribution in [2.24, 2.45) is 0 Å². The molecule has 3 rings (SSSR count). The molecule has 0 spiro atoms. The largest absolute Gasteiger partial charge is 0.487 e. The number of amides is 2. The van der Waals surface area contributed by atoms with Crippen LogP contribution in [0.4, 0.5) is 17.1 Å². The van der Waals surface area contributed by atoms with Crippen LogP contribution in [0.3, 0.4) is 0 Å². The number of para-hydroxylation sites is 2. The Balaban J connectivity index is 1.55. The third-order valence-electron chi connectivity index (χ3n) is 3.95. The van der Waals surface area contributed by atoms with Crippen LogP contribution in [-0.2, 0) is 4.79 Å². The monoisotopic (exact) mass is 405 g/mol. The van der Waals surface area contributed by atoms with Gasteiger partial charge in [-0.15, -0.1) is 0 Å². The SMILES string of the molecule is C=C(C)COc1ccccc1NC(=O)CNc1cccc(NC(=O)c2ccco2)c1. The van der Waals surface area contributed by atoms with Gasteiger partial charge < -0.3 is 25.1 Å². The molecule has 2 aromatic carbocycles. The number of benzene rings is 2. The van der Waals surface area contributed by atoms with Gasteiger partial charge in [-0.25, -0.2) is 0 Å². The highest BCUT2D eigenvalue weighted by molar-refractivity contribution is 6.02. The van der Waals surface area contributed by atoms with Crippen LogP contribution in [0.5, 0.6) is 5.75 Å². The van der Waals surface area contributed by atoms with Gasteiger partial charge in [0.2, 0.25) is 5.91 Å². The summed E-state index contributed by atoms with van der Waals surface area (Å²) in [4.78, 5) is 24.4. The number of carbonyl (C=O) groups is 2. The second-order valence-corrected chi connectivity index (χ2v) is 6.66. The van der Waals surface area contributed by atoms with Gasteiger partial charge in [0.05, 0.1) is 18.5 Å². The van der Waals surface area contributed by atoms with E-state index in [9.17, 15) is 9.59 Å². The zero-order valence-electron chi connectivity index (χ0n) is 16.6. The average Bonchev–Trinajstić information content (AvgIpc) is 3.27. The quantitative estimate of drug-likeness (QED) is 0.455. The van der Waals surface area contributed by atoms with E-state index in [1.807, 2.05) is 19.1 Å². The predicted octanol–water partition coefficient (Wildman–Crippen LogP) is 4.54. The lowest BCUT2D eigenvalue weighted by molar-refractivity contribution is -0.114. The second-order valence-electron chi connectivity index (χ2n) is 6.66. The molecule has 1 heterocycles. The lowest BCUT2D eigenvalue weighted by Gasteiger charge is -2.13. The Kier molecular flexibility index (Phi) is 6.89. The third-order valence-corrected chi connectivity index (χ3v) is 3.95. The molecule has 0 fully saturated rings. The molecule has 1 aromatic heterocycles. The predicted molar refractivity (Wildman–Crippen MR) is 117 cm³/mol. The van der Waals surface area contributed by atoms with Gasteiger partial charge in [-0.05, 0) is 55.0 Å². The summed E-state index contributed by atoms with van der Waals surface area (Å²) in [5.74, 6) is 0.226. The summed E-state index contributed by atoms with van der Waals surface area (Å²) in [6.07, 6.45) is 1.44. The van der Waals surface area contributed by atoms with Crippen molar-refractivity contribution in [2.45, 2.75) is 6.92 Å². The standard InChI is InChI=1S/C23H23N3O4/c1-16(2)15-30-20-10-4-3-9-19(20)26-22(27)14-24-17-7-5-8-18(13-17)25-23(28)21-11-6-12-29-21/h3-13,24H,1,14-15H2,2H3,(H,25,28)(H,26,27). The van der Waals surface area contributed by atoms with Gasteiger partial charge in [0.1, 0.15) is 12.4 Å². The van der Waals surface area contributed by atoms with Crippen LogP contribution in [0.15, 0.2) is 83.5 Å². The first-order valence-electron chi connectivity index (χ1n) is 9.36. The average molecular weight is 405 g/mol. The van der Waals surface area contributed by atoms with E-state index in [4.69, 9.17) is 9.15 Å². The number of hydrogen-bond donors (Lipinski definition) is 3. The molecule has 0 aliphatic heterocycles. The summed E-state index contributed by atoms with van der Waals surface area (Å²) in [6, 6.07) is 17.5. The highest BCUT2D eigenvalue weighted by Crippen LogP contribution is 2.24. The highest BCUT2D eigenvalue weighted by atomic mass is 16.5. The molecule has 0 bridgehead atoms. The summed E-state index contributed by atoms with van der Waals surface area (Å²) in [7, 11) is 0. The molecule has 3 N–H and O–H groups in total. The molecule has 7 nitrogen and oxygen atoms in total. The van der Waals surface area contributed by atoms with Crippen LogP contribution in [0.1, 0.15) is 17.5 Å². The molecule has 0 saturated heterocycles. The summed E-state index contributed by atoms with van der Waals surface area (Å²) in [6.45, 7) is 6.10. The second kappa shape index (κ2) is 9.97. The Morgan fingerprint density at radius 1 is 1.00 bits per heavy atom. The van der Waals surface area contributed by atoms with E-state index in [0.29, 0.717) is 29.4 Å². The van der Waals surface area contributed by atoms with E-state index in [0.717, 1.165) is 5.57 Å². The Labute approximate surface area is 174 Å². The van der Waals surface area contributed by atoms with Crippen molar-refractivity contribution in [1.29, 1.82) is 0 Å². The lowest BCUT2D eigenvalue weighted by Crippen LogP contribution is -2.22. The van der Waals surface area contributed by atoms with Gasteiger partial charge in [0, 0.05) is 11.4 Å². The molecule has 0 atom stereocenters. The minimum absolute atomic E-state index is 0.0460. The third kappa shape index (κ3) is 6.00. The Bertz CT molecular complexity index is 1030. The maximum atomic E-state index is 12.4. The van der Waals surface area contributed by atoms with E-state index >= 15 is 0 Å². The lowest BCUT2D eigenvalue weighted by atomic mass is 10.2. The number of nitrogens with one attached hydrogen (secondary N) is 3. The fourth-order valence-corrected chi connectivity index (χ4v) is 2.58. The van der Waals surface area contributed by atoms with E-state index in [1.54, 1.807) is 48.5 Å². The first kappa shape index (κ1) is 20.7. The number of furan rings is 1. The normalized spacial score (nSPS) is 10.2. The fraction of sp³-hybridized carbons (Fsp3) is 0.130. The molecular weight excluding hydrogens is 382 g/mol. The number of rotatable bonds is 9. The zero-order valence-corrected chi connectivity index (χ0v) is 16.6. The maximum absolute atomic E-state index is 12.4. The van der Waals surface area contributed by atoms with Crippen molar-refractivity contribution in [3.05, 3.63) is 84.8 Å². The van der Waals surface area contributed by atoms with Crippen LogP contribution in [0.25, 0.3) is 0 Å². The molecule has 0 saturated carbocycles. The van der Waals surface area contributed by atoms with Crippen LogP contribution in [0.2, 0.25) is 0 Å². The number of anilines is 3. The minimum atomic E-state index is -0.346. The molecule has 2 amide bonds. The number of carbonyl (C=O) groups excluding carboxylic acids is 2. The van der Waals surface area contributed by atoms with Crippen LogP contribution < -0.4 is 20.7 Å². The van der Waals surface area contributed by atoms with Crippen molar-refractivity contribution >= 4 is 28.9 Å². The van der Waals surface area contributed by atoms with Crippen molar-refractivity contribution < 1.29 is 18.7 Å². The van der Waals surface area contributed by atoms with Crippen LogP contribution in [-0.4, -0.2) is 25.0 Å². The zero-order chi connectivity index (χ0) is 21.3. The van der Waals surface area contributed by atoms with Crippen LogP contribution in [0, 0.1) is 0 Å². The molecule has 3 aromatic rings. The van der Waals surface area contributed by atoms with Gasteiger partial charge in [-0.1, -0.05) is 24.8 Å². The minimum Gasteiger partial charge on any atom is -0.487 e. The van der Waals surface area contributed by atoms with E-state index in [-0.39, 0.29) is 24.1 Å². The van der Waals surface area contributed by atoms with Gasteiger partial charge >= 0.3 is 0 Å². The Hall–Kier alpha value is -4.00. The molecule has 7 heteroatoms. The first-order chi connectivity index (χ1) is 14.5. The smallest absolute Gasteiger partial charge is 0.291 e. The van der Waals surface area contributed by atoms with Gasteiger partial charge in [0.15, 0.2) is 5.76 Å². The van der Waals surface area contributed by atoms with Gasteiger partial charge in [-0.2, -0.15) is 0 Å². The fourth-order valence-electron chi connectivity index (χ4n) is 2.58. The van der Waals surface area contributed by atoms with E-state index in [2.05, 4.69) is 22.5 Å². The van der Waals surface area contributed by atoms with Gasteiger partial charge in [-0.3, -0.25) is 9.59 Å². The van der Waals surface area contributed by atoms with Crippen molar-refractivity contribution in [1.82, 2.24) is 0 Å². The molecule has 0 unspecified atom stereocenters. The highest BCUT2D eigenvalue weighted by Gasteiger charge is 2.10. The van der Waals surface area contributed by atoms with Crippen molar-refractivity contribution in [2.75, 3.05) is 29.1 Å². The number of ether oxygens (including phenoxy) is 1. The van der Waals surface area contributed by atoms with E-state index in [1.165, 1.54) is 6.26 Å². The molecule has 30 heavy (non-hydrogen) atoms. The van der Waals surface area contributed by atoms with Gasteiger partial charge in [0.25, 0.3) is 5.91 Å². The molecule has 0 aliphatic carbocycles. The topological polar surface area (TPSA) is 92.6 Å². The first-order valence-corrected chi connectivity index (χ1v) is 9.36. The molecule has 154 valence electrons. The van der Waals surface area contributed by atoms with Crippen molar-refractivity contribution in [3.63, 3.8) is 0 Å². The summed E-state index contributed by atoms with van der Waals surface area (Å²) in [5, 5.41) is 8.62. The maximum Gasteiger partial charge on any atom is 0.291 e. The summed E-state index contributed by atoms with van der Waals surface area (Å²) >= 11 is 0. The van der Waals surface area contributed by atoms with Crippen LogP contribution >= 0.6 is 0 Å².